The summed E-state index contributed by atoms with van der Waals surface area (Å²) in [6.07, 6.45) is 0.0285. The summed E-state index contributed by atoms with van der Waals surface area (Å²) in [6.45, 7) is 10.2. The Morgan fingerprint density at radius 1 is 1.17 bits per heavy atom. The van der Waals surface area contributed by atoms with Crippen LogP contribution in [-0.4, -0.2) is 18.7 Å². The van der Waals surface area contributed by atoms with E-state index in [0.717, 1.165) is 0 Å². The minimum atomic E-state index is -0.368. The van der Waals surface area contributed by atoms with Crippen molar-refractivity contribution in [3.8, 4) is 5.75 Å². The van der Waals surface area contributed by atoms with E-state index in [1.165, 1.54) is 5.56 Å². The van der Waals surface area contributed by atoms with Crippen LogP contribution >= 0.6 is 0 Å². The first-order valence-electron chi connectivity index (χ1n) is 6.22. The molecule has 0 heterocycles. The third-order valence-electron chi connectivity index (χ3n) is 2.49. The highest BCUT2D eigenvalue weighted by Crippen LogP contribution is 2.24. The lowest BCUT2D eigenvalue weighted by molar-refractivity contribution is -0.140. The maximum absolute atomic E-state index is 11.5. The maximum atomic E-state index is 11.5. The van der Waals surface area contributed by atoms with Gasteiger partial charge in [-0.3, -0.25) is 0 Å². The normalized spacial score (nSPS) is 11.7. The monoisotopic (exact) mass is 250 g/mol. The highest BCUT2D eigenvalue weighted by Gasteiger charge is 2.13. The molecule has 100 valence electrons. The van der Waals surface area contributed by atoms with Crippen molar-refractivity contribution in [2.75, 3.05) is 6.61 Å². The molecule has 0 spiro atoms. The van der Waals surface area contributed by atoms with Gasteiger partial charge < -0.3 is 9.47 Å². The number of rotatable bonds is 4. The number of carbonyl (C=O) groups excluding carboxylic acids is 1. The lowest BCUT2D eigenvalue weighted by Crippen LogP contribution is -2.18. The molecule has 0 radical (unpaired) electrons. The Balaban J connectivity index is 2.56. The van der Waals surface area contributed by atoms with E-state index in [1.807, 2.05) is 38.1 Å². The lowest BCUT2D eigenvalue weighted by Gasteiger charge is -2.19. The Morgan fingerprint density at radius 3 is 2.17 bits per heavy atom. The molecule has 0 fully saturated rings. The van der Waals surface area contributed by atoms with E-state index in [0.29, 0.717) is 5.75 Å². The van der Waals surface area contributed by atoms with Crippen molar-refractivity contribution in [2.45, 2.75) is 46.1 Å². The highest BCUT2D eigenvalue weighted by atomic mass is 16.6. The molecule has 3 heteroatoms. The van der Waals surface area contributed by atoms with E-state index < -0.39 is 0 Å². The number of esters is 1. The molecule has 1 aromatic rings. The second-order valence-corrected chi connectivity index (χ2v) is 5.61. The fourth-order valence-corrected chi connectivity index (χ4v) is 1.42. The summed E-state index contributed by atoms with van der Waals surface area (Å²) in [4.78, 5) is 11.5. The molecule has 0 aliphatic heterocycles. The average molecular weight is 250 g/mol. The molecular formula is C15H22O3. The van der Waals surface area contributed by atoms with Crippen LogP contribution in [0.25, 0.3) is 0 Å². The van der Waals surface area contributed by atoms with Crippen molar-refractivity contribution >= 4 is 5.97 Å². The van der Waals surface area contributed by atoms with Crippen molar-refractivity contribution in [1.82, 2.24) is 0 Å². The molecule has 18 heavy (non-hydrogen) atoms. The van der Waals surface area contributed by atoms with Crippen LogP contribution in [0.15, 0.2) is 24.3 Å². The van der Waals surface area contributed by atoms with Gasteiger partial charge in [-0.05, 0) is 37.0 Å². The fourth-order valence-electron chi connectivity index (χ4n) is 1.42. The average Bonchev–Trinajstić information content (AvgIpc) is 2.26. The second kappa shape index (κ2) is 6.01. The van der Waals surface area contributed by atoms with E-state index in [4.69, 9.17) is 9.47 Å². The Bertz CT molecular complexity index is 385. The van der Waals surface area contributed by atoms with Gasteiger partial charge in [-0.25, -0.2) is 4.79 Å². The Hall–Kier alpha value is -1.35. The number of carbonyl (C=O) groups is 1. The van der Waals surface area contributed by atoms with E-state index in [9.17, 15) is 4.79 Å². The van der Waals surface area contributed by atoms with Gasteiger partial charge in [0, 0.05) is 0 Å². The van der Waals surface area contributed by atoms with Gasteiger partial charge in [0.25, 0.3) is 0 Å². The van der Waals surface area contributed by atoms with Gasteiger partial charge in [0.05, 0.1) is 6.10 Å². The summed E-state index contributed by atoms with van der Waals surface area (Å²) in [5.74, 6) is 0.188. The number of benzene rings is 1. The summed E-state index contributed by atoms with van der Waals surface area (Å²) in [5, 5.41) is 0. The summed E-state index contributed by atoms with van der Waals surface area (Å²) in [5.41, 5.74) is 1.31. The van der Waals surface area contributed by atoms with Crippen LogP contribution in [0.1, 0.15) is 40.2 Å². The van der Waals surface area contributed by atoms with Crippen LogP contribution in [-0.2, 0) is 14.9 Å². The number of hydrogen-bond acceptors (Lipinski definition) is 3. The van der Waals surface area contributed by atoms with Crippen molar-refractivity contribution in [3.05, 3.63) is 29.8 Å². The molecule has 0 aliphatic carbocycles. The third-order valence-corrected chi connectivity index (χ3v) is 2.49. The molecule has 0 aromatic heterocycles. The van der Waals surface area contributed by atoms with Crippen LogP contribution in [0.2, 0.25) is 0 Å². The quantitative estimate of drug-likeness (QED) is 0.607. The molecule has 1 aromatic carbocycles. The van der Waals surface area contributed by atoms with Crippen LogP contribution < -0.4 is 4.74 Å². The first-order valence-corrected chi connectivity index (χ1v) is 6.22. The van der Waals surface area contributed by atoms with Crippen LogP contribution in [0.3, 0.4) is 0 Å². The van der Waals surface area contributed by atoms with E-state index in [1.54, 1.807) is 0 Å². The minimum Gasteiger partial charge on any atom is -0.425 e. The van der Waals surface area contributed by atoms with Crippen LogP contribution in [0, 0.1) is 0 Å². The maximum Gasteiger partial charge on any atom is 0.337 e. The van der Waals surface area contributed by atoms with E-state index in [2.05, 4.69) is 20.8 Å². The van der Waals surface area contributed by atoms with Gasteiger partial charge in [0.1, 0.15) is 12.4 Å². The lowest BCUT2D eigenvalue weighted by atomic mass is 9.87. The largest absolute Gasteiger partial charge is 0.425 e. The zero-order chi connectivity index (χ0) is 13.8. The standard InChI is InChI=1S/C15H22O3/c1-11(2)17-10-14(16)18-13-8-6-12(7-9-13)15(3,4)5/h6-9,11H,10H2,1-5H3. The molecule has 1 rings (SSSR count). The molecule has 0 unspecified atom stereocenters. The number of hydrogen-bond donors (Lipinski definition) is 0. The molecule has 0 bridgehead atoms. The van der Waals surface area contributed by atoms with Crippen molar-refractivity contribution in [3.63, 3.8) is 0 Å². The Labute approximate surface area is 109 Å². The summed E-state index contributed by atoms with van der Waals surface area (Å²) < 4.78 is 10.3. The molecule has 3 nitrogen and oxygen atoms in total. The molecule has 0 saturated heterocycles. The molecule has 0 atom stereocenters. The zero-order valence-corrected chi connectivity index (χ0v) is 11.8. The first kappa shape index (κ1) is 14.7. The summed E-state index contributed by atoms with van der Waals surface area (Å²) in [7, 11) is 0. The van der Waals surface area contributed by atoms with Crippen molar-refractivity contribution in [2.24, 2.45) is 0 Å². The minimum absolute atomic E-state index is 0.0152. The van der Waals surface area contributed by atoms with Gasteiger partial charge in [-0.1, -0.05) is 32.9 Å². The zero-order valence-electron chi connectivity index (χ0n) is 11.8. The number of ether oxygens (including phenoxy) is 2. The second-order valence-electron chi connectivity index (χ2n) is 5.61. The third kappa shape index (κ3) is 4.88. The summed E-state index contributed by atoms with van der Waals surface area (Å²) >= 11 is 0. The fraction of sp³-hybridized carbons (Fsp3) is 0.533. The molecule has 0 N–H and O–H groups in total. The summed E-state index contributed by atoms with van der Waals surface area (Å²) in [6, 6.07) is 7.58. The highest BCUT2D eigenvalue weighted by molar-refractivity contribution is 5.73. The molecule has 0 amide bonds. The van der Waals surface area contributed by atoms with Crippen LogP contribution in [0.4, 0.5) is 0 Å². The smallest absolute Gasteiger partial charge is 0.337 e. The van der Waals surface area contributed by atoms with E-state index in [-0.39, 0.29) is 24.1 Å². The van der Waals surface area contributed by atoms with Gasteiger partial charge in [-0.2, -0.15) is 0 Å². The van der Waals surface area contributed by atoms with Gasteiger partial charge in [0.2, 0.25) is 0 Å². The Morgan fingerprint density at radius 2 is 1.72 bits per heavy atom. The van der Waals surface area contributed by atoms with Crippen LogP contribution in [0.5, 0.6) is 5.75 Å². The van der Waals surface area contributed by atoms with E-state index >= 15 is 0 Å². The predicted octanol–water partition coefficient (Wildman–Crippen LogP) is 3.31. The first-order chi connectivity index (χ1) is 8.29. The van der Waals surface area contributed by atoms with Crippen molar-refractivity contribution < 1.29 is 14.3 Å². The van der Waals surface area contributed by atoms with Crippen molar-refractivity contribution in [1.29, 1.82) is 0 Å². The van der Waals surface area contributed by atoms with Gasteiger partial charge in [0.15, 0.2) is 0 Å². The SMILES string of the molecule is CC(C)OCC(=O)Oc1ccc(C(C)(C)C)cc1. The molecular weight excluding hydrogens is 228 g/mol. The topological polar surface area (TPSA) is 35.5 Å². The van der Waals surface area contributed by atoms with Gasteiger partial charge in [-0.15, -0.1) is 0 Å². The molecule has 0 aliphatic rings. The molecule has 0 saturated carbocycles. The Kier molecular flexibility index (Phi) is 4.91. The van der Waals surface area contributed by atoms with Gasteiger partial charge >= 0.3 is 5.97 Å². The predicted molar refractivity (Wildman–Crippen MR) is 71.9 cm³/mol.